The second-order valence-electron chi connectivity index (χ2n) is 6.82. The number of piperidine rings is 1. The molecule has 0 saturated carbocycles. The zero-order valence-corrected chi connectivity index (χ0v) is 15.9. The van der Waals surface area contributed by atoms with Crippen molar-refractivity contribution in [3.63, 3.8) is 0 Å². The van der Waals surface area contributed by atoms with E-state index in [1.54, 1.807) is 4.90 Å². The Kier molecular flexibility index (Phi) is 5.94. The van der Waals surface area contributed by atoms with Crippen molar-refractivity contribution in [1.29, 1.82) is 0 Å². The topological polar surface area (TPSA) is 60.9 Å². The van der Waals surface area contributed by atoms with Crippen molar-refractivity contribution < 1.29 is 17.6 Å². The first-order valence-corrected chi connectivity index (χ1v) is 10.7. The molecule has 0 aliphatic carbocycles. The second-order valence-corrected chi connectivity index (χ2v) is 8.76. The molecular weight excluding hydrogens is 357 g/mol. The van der Waals surface area contributed by atoms with E-state index in [0.29, 0.717) is 13.1 Å². The number of hydrogen-bond donors (Lipinski definition) is 0. The monoisotopic (exact) mass is 383 g/mol. The molecule has 26 heavy (non-hydrogen) atoms. The van der Waals surface area contributed by atoms with E-state index in [2.05, 4.69) is 11.8 Å². The molecule has 0 spiro atoms. The Balaban J connectivity index is 1.63. The molecule has 1 atom stereocenters. The van der Waals surface area contributed by atoms with Gasteiger partial charge >= 0.3 is 0 Å². The molecule has 1 aromatic carbocycles. The Hall–Kier alpha value is -1.51. The van der Waals surface area contributed by atoms with E-state index >= 15 is 0 Å². The largest absolute Gasteiger partial charge is 0.339 e. The van der Waals surface area contributed by atoms with Gasteiger partial charge in [0.25, 0.3) is 0 Å². The van der Waals surface area contributed by atoms with Gasteiger partial charge in [-0.1, -0.05) is 13.3 Å². The van der Waals surface area contributed by atoms with Crippen LogP contribution in [0.25, 0.3) is 0 Å². The molecule has 3 rings (SSSR count). The second kappa shape index (κ2) is 8.02. The third-order valence-corrected chi connectivity index (χ3v) is 7.22. The van der Waals surface area contributed by atoms with Crippen LogP contribution in [-0.4, -0.2) is 73.7 Å². The average Bonchev–Trinajstić information content (AvgIpc) is 2.68. The van der Waals surface area contributed by atoms with Gasteiger partial charge in [-0.2, -0.15) is 4.31 Å². The highest BCUT2D eigenvalue weighted by molar-refractivity contribution is 7.89. The van der Waals surface area contributed by atoms with E-state index < -0.39 is 15.8 Å². The third-order valence-electron chi connectivity index (χ3n) is 5.31. The molecule has 1 amide bonds. The van der Waals surface area contributed by atoms with Gasteiger partial charge in [0.1, 0.15) is 5.82 Å². The van der Waals surface area contributed by atoms with Gasteiger partial charge < -0.3 is 4.90 Å². The Morgan fingerprint density at radius 3 is 2.35 bits per heavy atom. The summed E-state index contributed by atoms with van der Waals surface area (Å²) < 4.78 is 39.7. The highest BCUT2D eigenvalue weighted by atomic mass is 32.2. The Morgan fingerprint density at radius 1 is 1.08 bits per heavy atom. The number of carbonyl (C=O) groups is 1. The number of halogens is 1. The van der Waals surface area contributed by atoms with Crippen LogP contribution in [0.15, 0.2) is 29.2 Å². The summed E-state index contributed by atoms with van der Waals surface area (Å²) in [5.41, 5.74) is 0. The SMILES string of the molecule is CCN1CCCC[C@H]1C(=O)N1CCN(S(=O)(=O)c2ccc(F)cc2)CC1. The zero-order chi connectivity index (χ0) is 18.7. The van der Waals surface area contributed by atoms with Gasteiger partial charge in [-0.05, 0) is 50.2 Å². The van der Waals surface area contributed by atoms with Crippen LogP contribution in [0.5, 0.6) is 0 Å². The van der Waals surface area contributed by atoms with Crippen LogP contribution < -0.4 is 0 Å². The maximum absolute atomic E-state index is 13.0. The van der Waals surface area contributed by atoms with Crippen LogP contribution in [0.3, 0.4) is 0 Å². The number of hydrogen-bond acceptors (Lipinski definition) is 4. The predicted octanol–water partition coefficient (Wildman–Crippen LogP) is 1.53. The van der Waals surface area contributed by atoms with Crippen LogP contribution in [-0.2, 0) is 14.8 Å². The van der Waals surface area contributed by atoms with Gasteiger partial charge in [-0.3, -0.25) is 9.69 Å². The summed E-state index contributed by atoms with van der Waals surface area (Å²) in [5.74, 6) is -0.349. The number of sulfonamides is 1. The van der Waals surface area contributed by atoms with Crippen LogP contribution >= 0.6 is 0 Å². The van der Waals surface area contributed by atoms with E-state index in [0.717, 1.165) is 44.5 Å². The zero-order valence-electron chi connectivity index (χ0n) is 15.1. The molecule has 0 aromatic heterocycles. The minimum absolute atomic E-state index is 0.0750. The average molecular weight is 383 g/mol. The lowest BCUT2D eigenvalue weighted by molar-refractivity contribution is -0.139. The number of rotatable bonds is 4. The molecule has 2 heterocycles. The van der Waals surface area contributed by atoms with Crippen LogP contribution in [0, 0.1) is 5.82 Å². The van der Waals surface area contributed by atoms with E-state index in [9.17, 15) is 17.6 Å². The Labute approximate surface area is 154 Å². The van der Waals surface area contributed by atoms with Gasteiger partial charge in [0.15, 0.2) is 0 Å². The van der Waals surface area contributed by atoms with Gasteiger partial charge in [0.2, 0.25) is 15.9 Å². The molecule has 0 unspecified atom stereocenters. The fourth-order valence-electron chi connectivity index (χ4n) is 3.76. The van der Waals surface area contributed by atoms with E-state index in [4.69, 9.17) is 0 Å². The number of likely N-dealkylation sites (N-methyl/N-ethyl adjacent to an activating group) is 1. The number of carbonyl (C=O) groups excluding carboxylic acids is 1. The normalized spacial score (nSPS) is 23.2. The molecule has 2 fully saturated rings. The fourth-order valence-corrected chi connectivity index (χ4v) is 5.19. The maximum atomic E-state index is 13.0. The van der Waals surface area contributed by atoms with Crippen molar-refractivity contribution in [1.82, 2.24) is 14.1 Å². The van der Waals surface area contributed by atoms with Crippen molar-refractivity contribution >= 4 is 15.9 Å². The van der Waals surface area contributed by atoms with Crippen molar-refractivity contribution in [3.05, 3.63) is 30.1 Å². The van der Waals surface area contributed by atoms with E-state index in [-0.39, 0.29) is 29.9 Å². The summed E-state index contributed by atoms with van der Waals surface area (Å²) in [5, 5.41) is 0. The van der Waals surface area contributed by atoms with Crippen molar-refractivity contribution in [2.45, 2.75) is 37.1 Å². The molecule has 6 nitrogen and oxygen atoms in total. The Morgan fingerprint density at radius 2 is 1.73 bits per heavy atom. The molecule has 2 aliphatic rings. The smallest absolute Gasteiger partial charge is 0.243 e. The van der Waals surface area contributed by atoms with Crippen molar-refractivity contribution in [3.8, 4) is 0 Å². The Bertz CT molecular complexity index is 731. The highest BCUT2D eigenvalue weighted by Gasteiger charge is 2.35. The number of amides is 1. The summed E-state index contributed by atoms with van der Waals surface area (Å²) in [6.07, 6.45) is 3.06. The summed E-state index contributed by atoms with van der Waals surface area (Å²) in [7, 11) is -3.65. The number of benzene rings is 1. The molecule has 1 aromatic rings. The molecule has 2 aliphatic heterocycles. The summed E-state index contributed by atoms with van der Waals surface area (Å²) in [6.45, 7) is 5.20. The lowest BCUT2D eigenvalue weighted by Crippen LogP contribution is -2.56. The van der Waals surface area contributed by atoms with E-state index in [1.165, 1.54) is 16.4 Å². The molecule has 144 valence electrons. The first-order chi connectivity index (χ1) is 12.4. The minimum atomic E-state index is -3.65. The van der Waals surface area contributed by atoms with Crippen LogP contribution in [0.4, 0.5) is 4.39 Å². The molecule has 2 saturated heterocycles. The first kappa shape index (κ1) is 19.3. The molecule has 8 heteroatoms. The van der Waals surface area contributed by atoms with E-state index in [1.807, 2.05) is 0 Å². The van der Waals surface area contributed by atoms with Gasteiger partial charge in [-0.25, -0.2) is 12.8 Å². The molecule has 0 N–H and O–H groups in total. The van der Waals surface area contributed by atoms with Gasteiger partial charge in [-0.15, -0.1) is 0 Å². The summed E-state index contributed by atoms with van der Waals surface area (Å²) in [4.78, 5) is 16.9. The fraction of sp³-hybridized carbons (Fsp3) is 0.611. The standard InChI is InChI=1S/C18H26FN3O3S/c1-2-20-10-4-3-5-17(20)18(23)21-11-13-22(14-12-21)26(24,25)16-8-6-15(19)7-9-16/h6-9,17H,2-5,10-14H2,1H3/t17-/m0/s1. The maximum Gasteiger partial charge on any atom is 0.243 e. The summed E-state index contributed by atoms with van der Waals surface area (Å²) in [6, 6.07) is 4.78. The quantitative estimate of drug-likeness (QED) is 0.791. The van der Waals surface area contributed by atoms with Crippen LogP contribution in [0.1, 0.15) is 26.2 Å². The molecule has 0 radical (unpaired) electrons. The first-order valence-electron chi connectivity index (χ1n) is 9.22. The highest BCUT2D eigenvalue weighted by Crippen LogP contribution is 2.21. The van der Waals surface area contributed by atoms with Crippen molar-refractivity contribution in [2.24, 2.45) is 0 Å². The number of likely N-dealkylation sites (tertiary alicyclic amines) is 1. The van der Waals surface area contributed by atoms with Gasteiger partial charge in [0.05, 0.1) is 10.9 Å². The number of piperazine rings is 1. The van der Waals surface area contributed by atoms with Crippen LogP contribution in [0.2, 0.25) is 0 Å². The molecule has 0 bridgehead atoms. The number of nitrogens with zero attached hydrogens (tertiary/aromatic N) is 3. The lowest BCUT2D eigenvalue weighted by atomic mass is 10.0. The third kappa shape index (κ3) is 3.92. The minimum Gasteiger partial charge on any atom is -0.339 e. The van der Waals surface area contributed by atoms with Gasteiger partial charge in [0, 0.05) is 26.2 Å². The molecular formula is C18H26FN3O3S. The predicted molar refractivity (Wildman–Crippen MR) is 96.6 cm³/mol. The summed E-state index contributed by atoms with van der Waals surface area (Å²) >= 11 is 0. The van der Waals surface area contributed by atoms with Crippen molar-refractivity contribution in [2.75, 3.05) is 39.3 Å². The lowest BCUT2D eigenvalue weighted by Gasteiger charge is -2.40.